The molecule has 0 N–H and O–H groups in total. The summed E-state index contributed by atoms with van der Waals surface area (Å²) in [6.45, 7) is 0. The molecule has 5 rings (SSSR count). The molecule has 0 aliphatic rings. The van der Waals surface area contributed by atoms with Crippen molar-refractivity contribution >= 4 is 44.9 Å². The van der Waals surface area contributed by atoms with Crippen LogP contribution >= 0.6 is 15.9 Å². The van der Waals surface area contributed by atoms with E-state index in [0.717, 1.165) is 10.0 Å². The van der Waals surface area contributed by atoms with Crippen molar-refractivity contribution in [3.05, 3.63) is 112 Å². The van der Waals surface area contributed by atoms with E-state index in [1.165, 1.54) is 6.07 Å². The Labute approximate surface area is 202 Å². The summed E-state index contributed by atoms with van der Waals surface area (Å²) in [5.74, 6) is -0.162. The number of hydrogen-bond acceptors (Lipinski definition) is 5. The van der Waals surface area contributed by atoms with Crippen LogP contribution in [0.1, 0.15) is 15.9 Å². The largest absolute Gasteiger partial charge is 0.436 e. The monoisotopic (exact) mass is 514 g/mol. The Kier molecular flexibility index (Phi) is 6.01. The first-order valence-electron chi connectivity index (χ1n) is 10.3. The van der Waals surface area contributed by atoms with Gasteiger partial charge in [0.05, 0.1) is 16.8 Å². The van der Waals surface area contributed by atoms with Crippen molar-refractivity contribution in [1.82, 2.24) is 4.98 Å². The van der Waals surface area contributed by atoms with Gasteiger partial charge in [-0.15, -0.1) is 0 Å². The molecule has 0 aliphatic heterocycles. The number of benzene rings is 4. The summed E-state index contributed by atoms with van der Waals surface area (Å²) < 4.78 is 26.0. The van der Waals surface area contributed by atoms with Crippen molar-refractivity contribution in [2.45, 2.75) is 0 Å². The van der Waals surface area contributed by atoms with Crippen LogP contribution in [0, 0.1) is 5.82 Å². The zero-order valence-corrected chi connectivity index (χ0v) is 19.2. The number of oxazole rings is 1. The molecule has 0 saturated carbocycles. The number of hydrogen-bond donors (Lipinski definition) is 0. The second-order valence-electron chi connectivity index (χ2n) is 7.38. The van der Waals surface area contributed by atoms with Crippen molar-refractivity contribution in [2.75, 3.05) is 0 Å². The molecular formula is C27H16BrFN2O3. The number of esters is 1. The maximum Gasteiger partial charge on any atom is 0.343 e. The molecular weight excluding hydrogens is 499 g/mol. The minimum absolute atomic E-state index is 0.224. The van der Waals surface area contributed by atoms with Gasteiger partial charge in [-0.05, 0) is 78.4 Å². The summed E-state index contributed by atoms with van der Waals surface area (Å²) in [6, 6.07) is 25.7. The molecule has 0 fully saturated rings. The van der Waals surface area contributed by atoms with Crippen LogP contribution in [0.15, 0.2) is 105 Å². The summed E-state index contributed by atoms with van der Waals surface area (Å²) in [4.78, 5) is 21.2. The van der Waals surface area contributed by atoms with Crippen LogP contribution in [0.4, 0.5) is 10.1 Å². The quantitative estimate of drug-likeness (QED) is 0.139. The van der Waals surface area contributed by atoms with Crippen molar-refractivity contribution < 1.29 is 18.3 Å². The molecule has 5 aromatic rings. The van der Waals surface area contributed by atoms with Gasteiger partial charge in [-0.3, -0.25) is 4.99 Å². The summed E-state index contributed by atoms with van der Waals surface area (Å²) in [6.07, 6.45) is 1.69. The van der Waals surface area contributed by atoms with E-state index < -0.39 is 11.8 Å². The van der Waals surface area contributed by atoms with Gasteiger partial charge in [0.2, 0.25) is 5.89 Å². The van der Waals surface area contributed by atoms with Crippen LogP contribution in [0.5, 0.6) is 5.75 Å². The van der Waals surface area contributed by atoms with Crippen LogP contribution in [0.2, 0.25) is 0 Å². The predicted molar refractivity (Wildman–Crippen MR) is 132 cm³/mol. The molecule has 0 bridgehead atoms. The number of aromatic nitrogens is 1. The maximum absolute atomic E-state index is 14.0. The van der Waals surface area contributed by atoms with Crippen molar-refractivity contribution in [3.63, 3.8) is 0 Å². The van der Waals surface area contributed by atoms with Gasteiger partial charge in [0.15, 0.2) is 5.58 Å². The third kappa shape index (κ3) is 4.79. The molecule has 0 radical (unpaired) electrons. The van der Waals surface area contributed by atoms with Crippen LogP contribution in [0.25, 0.3) is 22.6 Å². The average molecular weight is 515 g/mol. The Morgan fingerprint density at radius 1 is 0.971 bits per heavy atom. The van der Waals surface area contributed by atoms with Crippen LogP contribution in [-0.2, 0) is 0 Å². The van der Waals surface area contributed by atoms with E-state index in [-0.39, 0.29) is 5.89 Å². The molecule has 166 valence electrons. The fourth-order valence-corrected chi connectivity index (χ4v) is 3.70. The topological polar surface area (TPSA) is 64.7 Å². The third-order valence-electron chi connectivity index (χ3n) is 4.99. The smallest absolute Gasteiger partial charge is 0.343 e. The van der Waals surface area contributed by atoms with E-state index in [9.17, 15) is 9.18 Å². The fourth-order valence-electron chi connectivity index (χ4n) is 3.30. The molecule has 34 heavy (non-hydrogen) atoms. The summed E-state index contributed by atoms with van der Waals surface area (Å²) in [7, 11) is 0. The lowest BCUT2D eigenvalue weighted by molar-refractivity contribution is 0.0734. The second-order valence-corrected chi connectivity index (χ2v) is 8.29. The van der Waals surface area contributed by atoms with Gasteiger partial charge in [-0.25, -0.2) is 14.2 Å². The van der Waals surface area contributed by atoms with Crippen LogP contribution in [-0.4, -0.2) is 17.2 Å². The number of halogens is 2. The van der Waals surface area contributed by atoms with E-state index in [2.05, 4.69) is 25.9 Å². The SMILES string of the molecule is O=C(Oc1ccc(C=Nc2ccc3oc(-c4ccccc4F)nc3c2)cc1)c1cccc(Br)c1. The zero-order valence-electron chi connectivity index (χ0n) is 17.6. The Bertz CT molecular complexity index is 1530. The minimum Gasteiger partial charge on any atom is -0.436 e. The number of nitrogens with zero attached hydrogens (tertiary/aromatic N) is 2. The molecule has 1 aromatic heterocycles. The van der Waals surface area contributed by atoms with Crippen molar-refractivity contribution in [3.8, 4) is 17.2 Å². The number of carbonyl (C=O) groups is 1. The van der Waals surface area contributed by atoms with Gasteiger partial charge in [-0.1, -0.05) is 34.1 Å². The highest BCUT2D eigenvalue weighted by atomic mass is 79.9. The van der Waals surface area contributed by atoms with Gasteiger partial charge in [0, 0.05) is 10.7 Å². The fraction of sp³-hybridized carbons (Fsp3) is 0. The van der Waals surface area contributed by atoms with E-state index >= 15 is 0 Å². The molecule has 1 heterocycles. The lowest BCUT2D eigenvalue weighted by Gasteiger charge is -2.05. The number of ether oxygens (including phenoxy) is 1. The first kappa shape index (κ1) is 21.7. The first-order valence-corrected chi connectivity index (χ1v) is 11.1. The highest BCUT2D eigenvalue weighted by Crippen LogP contribution is 2.28. The van der Waals surface area contributed by atoms with Gasteiger partial charge in [0.1, 0.15) is 17.1 Å². The standard InChI is InChI=1S/C27H16BrFN2O3/c28-19-5-3-4-18(14-19)27(32)33-21-11-8-17(9-12-21)16-30-20-10-13-25-24(15-20)31-26(34-25)22-6-1-2-7-23(22)29/h1-16H. The Morgan fingerprint density at radius 2 is 1.79 bits per heavy atom. The number of carbonyl (C=O) groups excluding carboxylic acids is 1. The highest BCUT2D eigenvalue weighted by Gasteiger charge is 2.12. The average Bonchev–Trinajstić information content (AvgIpc) is 3.27. The molecule has 0 spiro atoms. The lowest BCUT2D eigenvalue weighted by atomic mass is 10.2. The van der Waals surface area contributed by atoms with Gasteiger partial charge >= 0.3 is 5.97 Å². The number of fused-ring (bicyclic) bond motifs is 1. The van der Waals surface area contributed by atoms with Gasteiger partial charge in [0.25, 0.3) is 0 Å². The zero-order chi connectivity index (χ0) is 23.5. The van der Waals surface area contributed by atoms with E-state index in [1.807, 2.05) is 6.07 Å². The predicted octanol–water partition coefficient (Wildman–Crippen LogP) is 7.37. The summed E-state index contributed by atoms with van der Waals surface area (Å²) in [5.41, 5.74) is 3.41. The first-order chi connectivity index (χ1) is 16.5. The van der Waals surface area contributed by atoms with Gasteiger partial charge in [-0.2, -0.15) is 0 Å². The molecule has 0 unspecified atom stereocenters. The Morgan fingerprint density at radius 3 is 2.59 bits per heavy atom. The highest BCUT2D eigenvalue weighted by molar-refractivity contribution is 9.10. The molecule has 0 amide bonds. The van der Waals surface area contributed by atoms with Crippen LogP contribution in [0.3, 0.4) is 0 Å². The van der Waals surface area contributed by atoms with E-state index in [4.69, 9.17) is 9.15 Å². The summed E-state index contributed by atoms with van der Waals surface area (Å²) in [5, 5.41) is 0. The number of rotatable bonds is 5. The second kappa shape index (κ2) is 9.41. The normalized spacial score (nSPS) is 11.2. The van der Waals surface area contributed by atoms with E-state index in [1.54, 1.807) is 85.1 Å². The Hall–Kier alpha value is -4.10. The molecule has 7 heteroatoms. The van der Waals surface area contributed by atoms with Gasteiger partial charge < -0.3 is 9.15 Å². The number of aliphatic imine (C=N–C) groups is 1. The molecule has 0 aliphatic carbocycles. The van der Waals surface area contributed by atoms with Crippen molar-refractivity contribution in [2.24, 2.45) is 4.99 Å². The molecule has 0 saturated heterocycles. The summed E-state index contributed by atoms with van der Waals surface area (Å²) >= 11 is 3.34. The molecule has 4 aromatic carbocycles. The third-order valence-corrected chi connectivity index (χ3v) is 5.48. The maximum atomic E-state index is 14.0. The van der Waals surface area contributed by atoms with E-state index in [0.29, 0.717) is 33.7 Å². The van der Waals surface area contributed by atoms with Crippen molar-refractivity contribution in [1.29, 1.82) is 0 Å². The Balaban J connectivity index is 1.29. The minimum atomic E-state index is -0.432. The van der Waals surface area contributed by atoms with Crippen LogP contribution < -0.4 is 4.74 Å². The lowest BCUT2D eigenvalue weighted by Crippen LogP contribution is -2.08. The molecule has 5 nitrogen and oxygen atoms in total. The molecule has 0 atom stereocenters.